The summed E-state index contributed by atoms with van der Waals surface area (Å²) >= 11 is 2.41. The van der Waals surface area contributed by atoms with Crippen LogP contribution in [0.2, 0.25) is 0 Å². The van der Waals surface area contributed by atoms with E-state index in [9.17, 15) is 0 Å². The Morgan fingerprint density at radius 2 is 1.42 bits per heavy atom. The largest absolute Gasteiger partial charge is 0.275 e. The van der Waals surface area contributed by atoms with Crippen molar-refractivity contribution in [2.24, 2.45) is 4.99 Å². The number of rotatable bonds is 4. The fourth-order valence-corrected chi connectivity index (χ4v) is 4.34. The van der Waals surface area contributed by atoms with Gasteiger partial charge in [0.1, 0.15) is 3.55 Å². The molecule has 33 heavy (non-hydrogen) atoms. The van der Waals surface area contributed by atoms with Gasteiger partial charge in [-0.15, -0.1) is 0 Å². The van der Waals surface area contributed by atoms with Gasteiger partial charge in [-0.1, -0.05) is 59.0 Å². The topological polar surface area (TPSA) is 38.1 Å². The lowest BCUT2D eigenvalue weighted by atomic mass is 9.92. The second-order valence-electron chi connectivity index (χ2n) is 8.57. The summed E-state index contributed by atoms with van der Waals surface area (Å²) in [5.74, 6) is 0. The molecule has 1 aliphatic rings. The first-order chi connectivity index (χ1) is 16.0. The molecule has 1 aliphatic heterocycles. The molecule has 0 bridgehead atoms. The first-order valence-electron chi connectivity index (χ1n) is 11.0. The van der Waals surface area contributed by atoms with E-state index in [0.29, 0.717) is 0 Å². The number of dihydropyridines is 1. The number of aromatic nitrogens is 2. The van der Waals surface area contributed by atoms with Crippen LogP contribution in [0.3, 0.4) is 0 Å². The van der Waals surface area contributed by atoms with Gasteiger partial charge in [0.2, 0.25) is 0 Å². The molecule has 0 fully saturated rings. The number of benzene rings is 2. The van der Waals surface area contributed by atoms with Crippen LogP contribution in [-0.4, -0.2) is 19.7 Å². The third-order valence-corrected chi connectivity index (χ3v) is 6.59. The summed E-state index contributed by atoms with van der Waals surface area (Å²) < 4.78 is -0.0688. The zero-order valence-corrected chi connectivity index (χ0v) is 20.8. The summed E-state index contributed by atoms with van der Waals surface area (Å²) in [6.45, 7) is 4.17. The zero-order valence-electron chi connectivity index (χ0n) is 18.7. The molecule has 3 heterocycles. The second kappa shape index (κ2) is 9.02. The van der Waals surface area contributed by atoms with Crippen molar-refractivity contribution in [3.8, 4) is 33.4 Å². The number of aliphatic imine (C=N–C) groups is 1. The molecule has 2 aromatic heterocycles. The van der Waals surface area contributed by atoms with Crippen LogP contribution in [0.5, 0.6) is 0 Å². The molecule has 162 valence electrons. The Morgan fingerprint density at radius 1 is 0.758 bits per heavy atom. The molecule has 0 amide bonds. The molecule has 0 aliphatic carbocycles. The Morgan fingerprint density at radius 3 is 2.09 bits per heavy atom. The maximum absolute atomic E-state index is 4.76. The number of pyridine rings is 2. The van der Waals surface area contributed by atoms with Crippen molar-refractivity contribution in [3.05, 3.63) is 103 Å². The fourth-order valence-electron chi connectivity index (χ4n) is 3.98. The summed E-state index contributed by atoms with van der Waals surface area (Å²) in [6.07, 6.45) is 10.9. The van der Waals surface area contributed by atoms with Gasteiger partial charge in [0.15, 0.2) is 0 Å². The molecule has 0 saturated carbocycles. The summed E-state index contributed by atoms with van der Waals surface area (Å²) in [7, 11) is 0. The van der Waals surface area contributed by atoms with Crippen LogP contribution in [0.1, 0.15) is 24.6 Å². The lowest BCUT2D eigenvalue weighted by Crippen LogP contribution is -2.14. The number of hydrogen-bond donors (Lipinski definition) is 0. The van der Waals surface area contributed by atoms with Gasteiger partial charge in [0.05, 0.1) is 0 Å². The highest BCUT2D eigenvalue weighted by Gasteiger charge is 2.20. The summed E-state index contributed by atoms with van der Waals surface area (Å²) in [5, 5.41) is 0. The number of allylic oxidation sites excluding steroid dienone is 1. The van der Waals surface area contributed by atoms with Crippen molar-refractivity contribution in [1.82, 2.24) is 9.97 Å². The van der Waals surface area contributed by atoms with Crippen molar-refractivity contribution in [2.45, 2.75) is 23.8 Å². The molecular weight excluding hydrogens is 517 g/mol. The molecule has 1 atom stereocenters. The molecule has 5 rings (SSSR count). The first kappa shape index (κ1) is 21.7. The summed E-state index contributed by atoms with van der Waals surface area (Å²) in [4.78, 5) is 13.6. The van der Waals surface area contributed by atoms with E-state index in [1.807, 2.05) is 31.6 Å². The lowest BCUT2D eigenvalue weighted by Gasteiger charge is -2.21. The van der Waals surface area contributed by atoms with Crippen molar-refractivity contribution in [2.75, 3.05) is 0 Å². The quantitative estimate of drug-likeness (QED) is 0.150. The standard InChI is InChI=1S/C29H24IN3/c1-20-8-9-24(18-32-20)27-14-26(15-28(16-27)25-10-11-29(2,30)33-19-25)22-6-3-5-21(13-22)23-7-4-12-31-17-23/h3-10,12-19H,11H2,1-2H3/t29-/m1/s1. The molecule has 4 aromatic rings. The Hall–Kier alpha value is -3.12. The van der Waals surface area contributed by atoms with Crippen LogP contribution in [0, 0.1) is 6.92 Å². The Labute approximate surface area is 208 Å². The van der Waals surface area contributed by atoms with Crippen molar-refractivity contribution in [3.63, 3.8) is 0 Å². The molecule has 2 aromatic carbocycles. The van der Waals surface area contributed by atoms with Crippen molar-refractivity contribution >= 4 is 34.4 Å². The van der Waals surface area contributed by atoms with Crippen LogP contribution in [-0.2, 0) is 0 Å². The van der Waals surface area contributed by atoms with Crippen molar-refractivity contribution in [1.29, 1.82) is 0 Å². The highest BCUT2D eigenvalue weighted by atomic mass is 127. The Balaban J connectivity index is 1.63. The first-order valence-corrected chi connectivity index (χ1v) is 12.1. The van der Waals surface area contributed by atoms with Gasteiger partial charge >= 0.3 is 0 Å². The van der Waals surface area contributed by atoms with Gasteiger partial charge in [-0.25, -0.2) is 0 Å². The molecular formula is C29H24IN3. The van der Waals surface area contributed by atoms with E-state index in [4.69, 9.17) is 4.99 Å². The normalized spacial score (nSPS) is 17.6. The van der Waals surface area contributed by atoms with Gasteiger partial charge < -0.3 is 0 Å². The van der Waals surface area contributed by atoms with E-state index in [2.05, 4.69) is 106 Å². The van der Waals surface area contributed by atoms with Gasteiger partial charge in [-0.2, -0.15) is 0 Å². The highest BCUT2D eigenvalue weighted by Crippen LogP contribution is 2.35. The lowest BCUT2D eigenvalue weighted by molar-refractivity contribution is 0.728. The van der Waals surface area contributed by atoms with Crippen LogP contribution >= 0.6 is 22.6 Å². The fraction of sp³-hybridized carbons (Fsp3) is 0.138. The van der Waals surface area contributed by atoms with Gasteiger partial charge in [-0.3, -0.25) is 15.0 Å². The van der Waals surface area contributed by atoms with Crippen LogP contribution in [0.15, 0.2) is 96.4 Å². The maximum atomic E-state index is 4.76. The van der Waals surface area contributed by atoms with Crippen molar-refractivity contribution < 1.29 is 0 Å². The summed E-state index contributed by atoms with van der Waals surface area (Å²) in [6, 6.07) is 23.7. The number of aryl methyl sites for hydroxylation is 1. The third-order valence-electron chi connectivity index (χ3n) is 5.87. The molecule has 4 heteroatoms. The third kappa shape index (κ3) is 4.96. The summed E-state index contributed by atoms with van der Waals surface area (Å²) in [5.41, 5.74) is 10.2. The van der Waals surface area contributed by atoms with Gasteiger partial charge in [-0.05, 0) is 83.6 Å². The van der Waals surface area contributed by atoms with Gasteiger partial charge in [0.25, 0.3) is 0 Å². The van der Waals surface area contributed by atoms with Crippen LogP contribution < -0.4 is 0 Å². The molecule has 0 radical (unpaired) electrons. The van der Waals surface area contributed by atoms with E-state index in [0.717, 1.165) is 39.9 Å². The Bertz CT molecular complexity index is 1350. The number of halogens is 1. The van der Waals surface area contributed by atoms with E-state index >= 15 is 0 Å². The Kier molecular flexibility index (Phi) is 5.94. The average molecular weight is 541 g/mol. The van der Waals surface area contributed by atoms with E-state index in [-0.39, 0.29) is 3.55 Å². The van der Waals surface area contributed by atoms with E-state index < -0.39 is 0 Å². The number of nitrogens with zero attached hydrogens (tertiary/aromatic N) is 3. The van der Waals surface area contributed by atoms with Crippen LogP contribution in [0.4, 0.5) is 0 Å². The minimum absolute atomic E-state index is 0.0688. The van der Waals surface area contributed by atoms with E-state index in [1.54, 1.807) is 6.20 Å². The number of hydrogen-bond acceptors (Lipinski definition) is 3. The van der Waals surface area contributed by atoms with E-state index in [1.165, 1.54) is 16.7 Å². The van der Waals surface area contributed by atoms with Gasteiger partial charge in [0, 0.05) is 48.0 Å². The second-order valence-corrected chi connectivity index (χ2v) is 10.9. The maximum Gasteiger partial charge on any atom is 0.112 e. The molecule has 3 nitrogen and oxygen atoms in total. The average Bonchev–Trinajstić information content (AvgIpc) is 2.85. The van der Waals surface area contributed by atoms with Crippen LogP contribution in [0.25, 0.3) is 39.0 Å². The monoisotopic (exact) mass is 541 g/mol. The molecule has 0 spiro atoms. The highest BCUT2D eigenvalue weighted by molar-refractivity contribution is 14.1. The minimum Gasteiger partial charge on any atom is -0.275 e. The number of alkyl halides is 1. The predicted molar refractivity (Wildman–Crippen MR) is 147 cm³/mol. The predicted octanol–water partition coefficient (Wildman–Crippen LogP) is 7.80. The molecule has 0 N–H and O–H groups in total. The molecule has 0 saturated heterocycles. The molecule has 0 unspecified atom stereocenters. The minimum atomic E-state index is -0.0688. The zero-order chi connectivity index (χ0) is 22.8. The smallest absolute Gasteiger partial charge is 0.112 e. The SMILES string of the molecule is Cc1ccc(-c2cc(C3=CC[C@](C)(I)N=C3)cc(-c3cccc(-c4cccnc4)c3)c2)cn1.